The van der Waals surface area contributed by atoms with Crippen LogP contribution >= 0.6 is 11.3 Å². The van der Waals surface area contributed by atoms with Crippen LogP contribution in [0, 0.1) is 0 Å². The zero-order valence-electron chi connectivity index (χ0n) is 28.6. The van der Waals surface area contributed by atoms with Crippen LogP contribution in [0.3, 0.4) is 0 Å². The number of unbranched alkanes of at least 4 members (excludes halogenated alkanes) is 2. The molecule has 5 amide bonds. The summed E-state index contributed by atoms with van der Waals surface area (Å²) in [5.41, 5.74) is 11.9. The smallest absolute Gasteiger partial charge is 0.262 e. The number of rotatable bonds is 16. The number of hydrogen-bond donors (Lipinski definition) is 5. The lowest BCUT2D eigenvalue weighted by atomic mass is 10.1. The van der Waals surface area contributed by atoms with Crippen molar-refractivity contribution in [2.45, 2.75) is 57.2 Å². The monoisotopic (exact) mass is 723 g/mol. The predicted octanol–water partition coefficient (Wildman–Crippen LogP) is 4.12. The minimum Gasteiger partial charge on any atom is -0.482 e. The fraction of sp³-hybridized carbons (Fsp3) is 0.316. The van der Waals surface area contributed by atoms with Crippen molar-refractivity contribution in [3.8, 4) is 5.75 Å². The van der Waals surface area contributed by atoms with Gasteiger partial charge in [-0.3, -0.25) is 24.0 Å². The number of ether oxygens (including phenoxy) is 1. The normalized spacial score (nSPS) is 13.9. The van der Waals surface area contributed by atoms with E-state index in [2.05, 4.69) is 26.3 Å². The summed E-state index contributed by atoms with van der Waals surface area (Å²) < 4.78 is 5.49. The molecule has 13 nitrogen and oxygen atoms in total. The molecule has 0 saturated heterocycles. The van der Waals surface area contributed by atoms with Crippen molar-refractivity contribution in [2.24, 2.45) is 5.73 Å². The van der Waals surface area contributed by atoms with Crippen molar-refractivity contribution >= 4 is 52.2 Å². The van der Waals surface area contributed by atoms with Crippen molar-refractivity contribution in [1.29, 1.82) is 0 Å². The van der Waals surface area contributed by atoms with E-state index in [1.54, 1.807) is 60.1 Å². The van der Waals surface area contributed by atoms with Crippen LogP contribution in [-0.2, 0) is 22.6 Å². The van der Waals surface area contributed by atoms with Gasteiger partial charge in [-0.05, 0) is 92.3 Å². The molecular weight excluding hydrogens is 683 g/mol. The Kier molecular flexibility index (Phi) is 11.9. The van der Waals surface area contributed by atoms with E-state index in [0.29, 0.717) is 59.9 Å². The number of anilines is 2. The maximum absolute atomic E-state index is 13.5. The lowest BCUT2D eigenvalue weighted by Crippen LogP contribution is -2.42. The van der Waals surface area contributed by atoms with E-state index in [1.807, 2.05) is 22.4 Å². The van der Waals surface area contributed by atoms with Gasteiger partial charge in [0, 0.05) is 59.9 Å². The molecule has 6 N–H and O–H groups in total. The summed E-state index contributed by atoms with van der Waals surface area (Å²) >= 11 is 1.47. The Hall–Kier alpha value is -5.60. The Morgan fingerprint density at radius 1 is 0.904 bits per heavy atom. The first-order valence-electron chi connectivity index (χ1n) is 17.3. The van der Waals surface area contributed by atoms with E-state index in [4.69, 9.17) is 10.5 Å². The molecule has 1 aliphatic carbocycles. The van der Waals surface area contributed by atoms with Crippen LogP contribution in [0.1, 0.15) is 74.4 Å². The number of aromatic nitrogens is 1. The topological polar surface area (TPSA) is 185 Å². The summed E-state index contributed by atoms with van der Waals surface area (Å²) in [5.74, 6) is -0.570. The van der Waals surface area contributed by atoms with Gasteiger partial charge in [0.25, 0.3) is 23.6 Å². The number of amides is 5. The Balaban J connectivity index is 0.906. The molecule has 1 saturated carbocycles. The Labute approximate surface area is 305 Å². The Bertz CT molecular complexity index is 1900. The van der Waals surface area contributed by atoms with Crippen molar-refractivity contribution in [3.63, 3.8) is 0 Å². The van der Waals surface area contributed by atoms with E-state index < -0.39 is 6.04 Å². The first-order chi connectivity index (χ1) is 25.2. The molecule has 2 heterocycles. The maximum Gasteiger partial charge on any atom is 0.262 e. The molecule has 0 radical (unpaired) electrons. The van der Waals surface area contributed by atoms with Crippen LogP contribution in [0.4, 0.5) is 11.4 Å². The van der Waals surface area contributed by atoms with Gasteiger partial charge in [0.15, 0.2) is 6.61 Å². The van der Waals surface area contributed by atoms with Crippen LogP contribution in [0.2, 0.25) is 0 Å². The van der Waals surface area contributed by atoms with Crippen molar-refractivity contribution in [1.82, 2.24) is 20.5 Å². The SMILES string of the molecule is NC(Cc1cscn1)C(=O)NCCCCCNC(=O)c1ccc(NC(=O)c2ccc(CN(C(=O)c3ccc4c(c3)OCC(=O)N4)C3CC3)cc2)cc1. The number of nitrogens with one attached hydrogen (secondary N) is 4. The standard InChI is InChI=1S/C38H41N7O6S/c39-31(19-29-22-52-23-42-29)37(49)41-17-3-1-2-16-40-35(47)25-8-11-28(12-9-25)43-36(48)26-6-4-24(5-7-26)20-45(30-13-14-30)38(50)27-10-15-32-33(18-27)51-21-34(46)44-32/h4-12,15,18,22-23,30-31H,1-3,13-14,16-17,19-21,39H2,(H,40,47)(H,41,49)(H,43,48)(H,44,46). The molecule has 3 aromatic carbocycles. The average Bonchev–Trinajstić information content (AvgIpc) is 3.87. The van der Waals surface area contributed by atoms with E-state index in [9.17, 15) is 24.0 Å². The van der Waals surface area contributed by atoms with E-state index in [-0.39, 0.29) is 42.2 Å². The number of fused-ring (bicyclic) bond motifs is 1. The molecule has 2 aliphatic rings. The molecule has 0 bridgehead atoms. The highest BCUT2D eigenvalue weighted by atomic mass is 32.1. The van der Waals surface area contributed by atoms with Crippen LogP contribution in [-0.4, -0.2) is 71.2 Å². The number of benzene rings is 3. The predicted molar refractivity (Wildman–Crippen MR) is 197 cm³/mol. The zero-order valence-corrected chi connectivity index (χ0v) is 29.4. The molecule has 270 valence electrons. The third-order valence-electron chi connectivity index (χ3n) is 8.77. The molecule has 52 heavy (non-hydrogen) atoms. The first-order valence-corrected chi connectivity index (χ1v) is 18.2. The van der Waals surface area contributed by atoms with Crippen LogP contribution in [0.15, 0.2) is 77.6 Å². The van der Waals surface area contributed by atoms with Gasteiger partial charge in [0.1, 0.15) is 5.75 Å². The molecule has 0 spiro atoms. The number of thiazole rings is 1. The summed E-state index contributed by atoms with van der Waals surface area (Å²) in [6, 6.07) is 18.4. The summed E-state index contributed by atoms with van der Waals surface area (Å²) in [6.07, 6.45) is 4.64. The molecule has 14 heteroatoms. The minimum atomic E-state index is -0.626. The first kappa shape index (κ1) is 36.2. The van der Waals surface area contributed by atoms with Crippen LogP contribution < -0.4 is 31.7 Å². The quantitative estimate of drug-likeness (QED) is 0.107. The summed E-state index contributed by atoms with van der Waals surface area (Å²) in [4.78, 5) is 68.8. The maximum atomic E-state index is 13.5. The van der Waals surface area contributed by atoms with E-state index in [0.717, 1.165) is 43.4 Å². The molecule has 1 aliphatic heterocycles. The average molecular weight is 724 g/mol. The number of hydrogen-bond acceptors (Lipinski definition) is 9. The Morgan fingerprint density at radius 2 is 1.60 bits per heavy atom. The molecule has 1 fully saturated rings. The zero-order chi connectivity index (χ0) is 36.5. The highest BCUT2D eigenvalue weighted by Gasteiger charge is 2.33. The van der Waals surface area contributed by atoms with Gasteiger partial charge >= 0.3 is 0 Å². The third-order valence-corrected chi connectivity index (χ3v) is 9.41. The third kappa shape index (κ3) is 9.80. The van der Waals surface area contributed by atoms with Gasteiger partial charge in [-0.15, -0.1) is 11.3 Å². The van der Waals surface area contributed by atoms with Crippen LogP contribution in [0.5, 0.6) is 5.75 Å². The second-order valence-corrected chi connectivity index (χ2v) is 13.6. The van der Waals surface area contributed by atoms with Crippen LogP contribution in [0.25, 0.3) is 0 Å². The van der Waals surface area contributed by atoms with E-state index >= 15 is 0 Å². The van der Waals surface area contributed by atoms with Gasteiger partial charge in [-0.25, -0.2) is 4.98 Å². The van der Waals surface area contributed by atoms with Crippen molar-refractivity contribution < 1.29 is 28.7 Å². The Morgan fingerprint density at radius 3 is 2.31 bits per heavy atom. The molecular formula is C38H41N7O6S. The van der Waals surface area contributed by atoms with Gasteiger partial charge in [0.2, 0.25) is 5.91 Å². The largest absolute Gasteiger partial charge is 0.482 e. The molecule has 1 unspecified atom stereocenters. The second-order valence-electron chi connectivity index (χ2n) is 12.8. The highest BCUT2D eigenvalue weighted by Crippen LogP contribution is 2.33. The van der Waals surface area contributed by atoms with Gasteiger partial charge in [0.05, 0.1) is 22.9 Å². The summed E-state index contributed by atoms with van der Waals surface area (Å²) in [5, 5.41) is 13.2. The number of nitrogens with two attached hydrogens (primary N) is 1. The summed E-state index contributed by atoms with van der Waals surface area (Å²) in [6.45, 7) is 1.33. The number of nitrogens with zero attached hydrogens (tertiary/aromatic N) is 2. The summed E-state index contributed by atoms with van der Waals surface area (Å²) in [7, 11) is 0. The van der Waals surface area contributed by atoms with Gasteiger partial charge < -0.3 is 36.6 Å². The minimum absolute atomic E-state index is 0.0846. The molecule has 6 rings (SSSR count). The fourth-order valence-corrected chi connectivity index (χ4v) is 6.29. The fourth-order valence-electron chi connectivity index (χ4n) is 5.72. The molecule has 1 aromatic heterocycles. The van der Waals surface area contributed by atoms with Crippen molar-refractivity contribution in [2.75, 3.05) is 30.3 Å². The number of carbonyl (C=O) groups is 5. The second kappa shape index (κ2) is 17.1. The number of carbonyl (C=O) groups excluding carboxylic acids is 5. The van der Waals surface area contributed by atoms with Gasteiger partial charge in [-0.1, -0.05) is 12.1 Å². The lowest BCUT2D eigenvalue weighted by Gasteiger charge is -2.24. The molecule has 4 aromatic rings. The lowest BCUT2D eigenvalue weighted by molar-refractivity contribution is -0.122. The molecule has 1 atom stereocenters. The van der Waals surface area contributed by atoms with Crippen molar-refractivity contribution in [3.05, 3.63) is 106 Å². The van der Waals surface area contributed by atoms with Gasteiger partial charge in [-0.2, -0.15) is 0 Å². The van der Waals surface area contributed by atoms with E-state index in [1.165, 1.54) is 11.3 Å². The highest BCUT2D eigenvalue weighted by molar-refractivity contribution is 7.07.